The standard InChI is InChI=1S/C14H17ClN4O4/c1-17(9-12(20)18-7-5-16-6-8-18)14(21)13-10(15)3-2-4-11(13)19(22)23/h2-4,16H,5-9H2,1H3. The predicted octanol–water partition coefficient (Wildman–Crippen LogP) is 0.752. The van der Waals surface area contributed by atoms with Crippen molar-refractivity contribution in [1.82, 2.24) is 15.1 Å². The van der Waals surface area contributed by atoms with E-state index in [9.17, 15) is 19.7 Å². The maximum Gasteiger partial charge on any atom is 0.283 e. The second-order valence-corrected chi connectivity index (χ2v) is 5.59. The van der Waals surface area contributed by atoms with Crippen LogP contribution in [0.25, 0.3) is 0 Å². The molecule has 1 aliphatic heterocycles. The molecule has 1 fully saturated rings. The second-order valence-electron chi connectivity index (χ2n) is 5.18. The van der Waals surface area contributed by atoms with Crippen molar-refractivity contribution in [1.29, 1.82) is 0 Å². The van der Waals surface area contributed by atoms with E-state index in [0.717, 1.165) is 4.90 Å². The minimum atomic E-state index is -0.662. The summed E-state index contributed by atoms with van der Waals surface area (Å²) in [6.45, 7) is 2.42. The quantitative estimate of drug-likeness (QED) is 0.644. The lowest BCUT2D eigenvalue weighted by molar-refractivity contribution is -0.385. The molecule has 0 radical (unpaired) electrons. The molecule has 8 nitrogen and oxygen atoms in total. The fourth-order valence-corrected chi connectivity index (χ4v) is 2.61. The van der Waals surface area contributed by atoms with Gasteiger partial charge in [-0.25, -0.2) is 0 Å². The Morgan fingerprint density at radius 1 is 1.39 bits per heavy atom. The first-order valence-electron chi connectivity index (χ1n) is 7.08. The summed E-state index contributed by atoms with van der Waals surface area (Å²) < 4.78 is 0. The van der Waals surface area contributed by atoms with Crippen LogP contribution in [0.4, 0.5) is 5.69 Å². The van der Waals surface area contributed by atoms with Gasteiger partial charge in [0, 0.05) is 39.3 Å². The zero-order chi connectivity index (χ0) is 17.0. The molecule has 1 N–H and O–H groups in total. The first-order valence-corrected chi connectivity index (χ1v) is 7.46. The van der Waals surface area contributed by atoms with Gasteiger partial charge in [0.1, 0.15) is 5.56 Å². The summed E-state index contributed by atoms with van der Waals surface area (Å²) >= 11 is 5.94. The number of nitro benzene ring substituents is 1. The number of hydrogen-bond donors (Lipinski definition) is 1. The van der Waals surface area contributed by atoms with Gasteiger partial charge < -0.3 is 15.1 Å². The number of likely N-dealkylation sites (N-methyl/N-ethyl adjacent to an activating group) is 1. The minimum absolute atomic E-state index is 0.00864. The molecule has 1 aromatic rings. The highest BCUT2D eigenvalue weighted by Crippen LogP contribution is 2.27. The Morgan fingerprint density at radius 2 is 2.04 bits per heavy atom. The molecule has 2 rings (SSSR count). The minimum Gasteiger partial charge on any atom is -0.339 e. The summed E-state index contributed by atoms with van der Waals surface area (Å²) in [7, 11) is 1.43. The van der Waals surface area contributed by atoms with E-state index in [-0.39, 0.29) is 28.7 Å². The SMILES string of the molecule is CN(CC(=O)N1CCNCC1)C(=O)c1c(Cl)cccc1[N+](=O)[O-]. The van der Waals surface area contributed by atoms with Crippen LogP contribution < -0.4 is 5.32 Å². The van der Waals surface area contributed by atoms with Crippen LogP contribution in [-0.2, 0) is 4.79 Å². The number of nitrogens with one attached hydrogen (secondary N) is 1. The summed E-state index contributed by atoms with van der Waals surface area (Å²) in [4.78, 5) is 37.9. The molecule has 124 valence electrons. The number of nitrogens with zero attached hydrogens (tertiary/aromatic N) is 3. The fraction of sp³-hybridized carbons (Fsp3) is 0.429. The van der Waals surface area contributed by atoms with E-state index >= 15 is 0 Å². The van der Waals surface area contributed by atoms with Crippen molar-refractivity contribution in [3.8, 4) is 0 Å². The number of halogens is 1. The average Bonchev–Trinajstić information content (AvgIpc) is 2.54. The van der Waals surface area contributed by atoms with E-state index in [0.29, 0.717) is 26.2 Å². The molecule has 0 atom stereocenters. The number of nitro groups is 1. The molecule has 0 aliphatic carbocycles. The number of hydrogen-bond acceptors (Lipinski definition) is 5. The third-order valence-electron chi connectivity index (χ3n) is 3.59. The van der Waals surface area contributed by atoms with Gasteiger partial charge >= 0.3 is 0 Å². The Hall–Kier alpha value is -2.19. The number of amides is 2. The van der Waals surface area contributed by atoms with Crippen molar-refractivity contribution >= 4 is 29.1 Å². The van der Waals surface area contributed by atoms with Gasteiger partial charge in [0.25, 0.3) is 11.6 Å². The van der Waals surface area contributed by atoms with E-state index in [1.807, 2.05) is 0 Å². The normalized spacial score (nSPS) is 14.4. The highest BCUT2D eigenvalue weighted by molar-refractivity contribution is 6.34. The zero-order valence-corrected chi connectivity index (χ0v) is 13.4. The Labute approximate surface area is 138 Å². The van der Waals surface area contributed by atoms with Crippen molar-refractivity contribution in [3.05, 3.63) is 38.9 Å². The molecule has 0 aromatic heterocycles. The number of piperazine rings is 1. The van der Waals surface area contributed by atoms with Crippen LogP contribution in [0.3, 0.4) is 0 Å². The molecular weight excluding hydrogens is 324 g/mol. The topological polar surface area (TPSA) is 95.8 Å². The largest absolute Gasteiger partial charge is 0.339 e. The van der Waals surface area contributed by atoms with Crippen molar-refractivity contribution < 1.29 is 14.5 Å². The molecule has 1 aliphatic rings. The Kier molecular flexibility index (Phi) is 5.51. The van der Waals surface area contributed by atoms with Crippen LogP contribution in [0, 0.1) is 10.1 Å². The van der Waals surface area contributed by atoms with E-state index in [4.69, 9.17) is 11.6 Å². The Morgan fingerprint density at radius 3 is 2.65 bits per heavy atom. The van der Waals surface area contributed by atoms with Gasteiger partial charge in [-0.2, -0.15) is 0 Å². The summed E-state index contributed by atoms with van der Waals surface area (Å²) in [6.07, 6.45) is 0. The average molecular weight is 341 g/mol. The van der Waals surface area contributed by atoms with Gasteiger partial charge in [0.05, 0.1) is 16.5 Å². The van der Waals surface area contributed by atoms with Gasteiger partial charge in [0.15, 0.2) is 0 Å². The van der Waals surface area contributed by atoms with Gasteiger partial charge in [-0.05, 0) is 6.07 Å². The molecule has 1 aromatic carbocycles. The van der Waals surface area contributed by atoms with Crippen molar-refractivity contribution in [2.45, 2.75) is 0 Å². The monoisotopic (exact) mass is 340 g/mol. The molecule has 0 saturated carbocycles. The predicted molar refractivity (Wildman–Crippen MR) is 84.5 cm³/mol. The molecule has 1 heterocycles. The highest BCUT2D eigenvalue weighted by Gasteiger charge is 2.28. The van der Waals surface area contributed by atoms with Gasteiger partial charge in [-0.1, -0.05) is 17.7 Å². The maximum atomic E-state index is 12.5. The molecule has 0 spiro atoms. The lowest BCUT2D eigenvalue weighted by Crippen LogP contribution is -2.49. The lowest BCUT2D eigenvalue weighted by Gasteiger charge is -2.29. The summed E-state index contributed by atoms with van der Waals surface area (Å²) in [5.74, 6) is -0.845. The van der Waals surface area contributed by atoms with Crippen LogP contribution >= 0.6 is 11.6 Å². The van der Waals surface area contributed by atoms with Crippen molar-refractivity contribution in [2.75, 3.05) is 39.8 Å². The highest BCUT2D eigenvalue weighted by atomic mass is 35.5. The van der Waals surface area contributed by atoms with Crippen LogP contribution in [0.2, 0.25) is 5.02 Å². The fourth-order valence-electron chi connectivity index (χ4n) is 2.36. The number of carbonyl (C=O) groups is 2. The third kappa shape index (κ3) is 3.96. The van der Waals surface area contributed by atoms with Gasteiger partial charge in [-0.3, -0.25) is 19.7 Å². The Balaban J connectivity index is 2.14. The molecule has 23 heavy (non-hydrogen) atoms. The molecule has 0 unspecified atom stereocenters. The first kappa shape index (κ1) is 17.2. The lowest BCUT2D eigenvalue weighted by atomic mass is 10.1. The summed E-state index contributed by atoms with van der Waals surface area (Å²) in [6, 6.07) is 4.03. The van der Waals surface area contributed by atoms with E-state index < -0.39 is 10.8 Å². The van der Waals surface area contributed by atoms with E-state index in [1.54, 1.807) is 4.90 Å². The van der Waals surface area contributed by atoms with E-state index in [2.05, 4.69) is 5.32 Å². The van der Waals surface area contributed by atoms with Crippen molar-refractivity contribution in [2.24, 2.45) is 0 Å². The molecule has 0 bridgehead atoms. The molecule has 1 saturated heterocycles. The van der Waals surface area contributed by atoms with Gasteiger partial charge in [0.2, 0.25) is 5.91 Å². The van der Waals surface area contributed by atoms with Crippen molar-refractivity contribution in [3.63, 3.8) is 0 Å². The van der Waals surface area contributed by atoms with E-state index in [1.165, 1.54) is 25.2 Å². The summed E-state index contributed by atoms with van der Waals surface area (Å²) in [5, 5.41) is 14.2. The smallest absolute Gasteiger partial charge is 0.283 e. The first-order chi connectivity index (χ1) is 10.9. The summed E-state index contributed by atoms with van der Waals surface area (Å²) in [5.41, 5.74) is -0.571. The molecular formula is C14H17ClN4O4. The zero-order valence-electron chi connectivity index (χ0n) is 12.6. The van der Waals surface area contributed by atoms with Gasteiger partial charge in [-0.15, -0.1) is 0 Å². The van der Waals surface area contributed by atoms with Crippen LogP contribution in [0.15, 0.2) is 18.2 Å². The molecule has 9 heteroatoms. The Bertz CT molecular complexity index is 631. The number of benzene rings is 1. The second kappa shape index (κ2) is 7.38. The third-order valence-corrected chi connectivity index (χ3v) is 3.91. The number of rotatable bonds is 4. The van der Waals surface area contributed by atoms with Crippen LogP contribution in [-0.4, -0.2) is 66.3 Å². The van der Waals surface area contributed by atoms with Crippen LogP contribution in [0.1, 0.15) is 10.4 Å². The van der Waals surface area contributed by atoms with Crippen LogP contribution in [0.5, 0.6) is 0 Å². The molecule has 2 amide bonds. The maximum absolute atomic E-state index is 12.5. The number of carbonyl (C=O) groups excluding carboxylic acids is 2.